The molecule has 2 aromatic rings. The lowest BCUT2D eigenvalue weighted by molar-refractivity contribution is -0.121. The lowest BCUT2D eigenvalue weighted by Crippen LogP contribution is -2.25. The Morgan fingerprint density at radius 1 is 1.13 bits per heavy atom. The van der Waals surface area contributed by atoms with Gasteiger partial charge in [-0.2, -0.15) is 0 Å². The van der Waals surface area contributed by atoms with Gasteiger partial charge in [0, 0.05) is 19.4 Å². The fourth-order valence-corrected chi connectivity index (χ4v) is 2.09. The number of carbonyl (C=O) groups is 1. The molecule has 1 N–H and O–H groups in total. The molecular formula is C18H23NO4. The fraction of sp³-hybridized carbons (Fsp3) is 0.389. The van der Waals surface area contributed by atoms with Gasteiger partial charge >= 0.3 is 0 Å². The van der Waals surface area contributed by atoms with Gasteiger partial charge in [0.05, 0.1) is 19.5 Å². The summed E-state index contributed by atoms with van der Waals surface area (Å²) in [7, 11) is 0. The molecule has 0 aliphatic rings. The number of benzene rings is 1. The fourth-order valence-electron chi connectivity index (χ4n) is 2.09. The van der Waals surface area contributed by atoms with Crippen molar-refractivity contribution in [1.82, 2.24) is 5.32 Å². The van der Waals surface area contributed by atoms with Gasteiger partial charge < -0.3 is 19.2 Å². The zero-order chi connectivity index (χ0) is 16.3. The highest BCUT2D eigenvalue weighted by Crippen LogP contribution is 2.17. The van der Waals surface area contributed by atoms with Crippen LogP contribution in [0.25, 0.3) is 0 Å². The summed E-state index contributed by atoms with van der Waals surface area (Å²) in [5.41, 5.74) is 0. The second-order valence-corrected chi connectivity index (χ2v) is 5.04. The Morgan fingerprint density at radius 3 is 2.52 bits per heavy atom. The van der Waals surface area contributed by atoms with Gasteiger partial charge in [-0.1, -0.05) is 0 Å². The van der Waals surface area contributed by atoms with E-state index in [0.29, 0.717) is 39.0 Å². The molecule has 2 rings (SSSR count). The third-order valence-corrected chi connectivity index (χ3v) is 3.23. The van der Waals surface area contributed by atoms with Crippen molar-refractivity contribution in [2.75, 3.05) is 19.8 Å². The van der Waals surface area contributed by atoms with E-state index in [1.807, 2.05) is 43.3 Å². The van der Waals surface area contributed by atoms with E-state index in [2.05, 4.69) is 5.32 Å². The van der Waals surface area contributed by atoms with Gasteiger partial charge in [0.2, 0.25) is 5.91 Å². The van der Waals surface area contributed by atoms with E-state index in [1.54, 1.807) is 6.26 Å². The van der Waals surface area contributed by atoms with Crippen molar-refractivity contribution in [3.05, 3.63) is 48.4 Å². The van der Waals surface area contributed by atoms with Gasteiger partial charge in [0.15, 0.2) is 0 Å². The van der Waals surface area contributed by atoms with Crippen LogP contribution in [-0.4, -0.2) is 25.7 Å². The molecular weight excluding hydrogens is 294 g/mol. The molecule has 0 unspecified atom stereocenters. The Labute approximate surface area is 136 Å². The maximum atomic E-state index is 11.7. The van der Waals surface area contributed by atoms with Crippen LogP contribution in [0, 0.1) is 0 Å². The minimum atomic E-state index is 0.0341. The standard InChI is InChI=1S/C18H23NO4/c1-2-21-16-7-9-17(10-8-16)23-14-4-6-18(20)19-12-11-15-5-3-13-22-15/h3,5,7-10,13H,2,4,6,11-12,14H2,1H3,(H,19,20). The minimum absolute atomic E-state index is 0.0341. The molecule has 1 amide bonds. The van der Waals surface area contributed by atoms with Gasteiger partial charge in [-0.15, -0.1) is 0 Å². The van der Waals surface area contributed by atoms with Gasteiger partial charge in [-0.25, -0.2) is 0 Å². The van der Waals surface area contributed by atoms with E-state index in [4.69, 9.17) is 13.9 Å². The second kappa shape index (κ2) is 9.56. The van der Waals surface area contributed by atoms with Crippen LogP contribution < -0.4 is 14.8 Å². The van der Waals surface area contributed by atoms with Crippen molar-refractivity contribution in [2.24, 2.45) is 0 Å². The molecule has 1 heterocycles. The summed E-state index contributed by atoms with van der Waals surface area (Å²) in [6, 6.07) is 11.2. The molecule has 0 saturated carbocycles. The van der Waals surface area contributed by atoms with E-state index >= 15 is 0 Å². The van der Waals surface area contributed by atoms with Crippen molar-refractivity contribution in [3.8, 4) is 11.5 Å². The first-order valence-corrected chi connectivity index (χ1v) is 7.92. The first-order chi connectivity index (χ1) is 11.3. The second-order valence-electron chi connectivity index (χ2n) is 5.04. The molecule has 5 heteroatoms. The van der Waals surface area contributed by atoms with Crippen LogP contribution in [0.1, 0.15) is 25.5 Å². The normalized spacial score (nSPS) is 10.3. The first-order valence-electron chi connectivity index (χ1n) is 7.92. The highest BCUT2D eigenvalue weighted by Gasteiger charge is 2.02. The topological polar surface area (TPSA) is 60.7 Å². The van der Waals surface area contributed by atoms with Crippen LogP contribution in [0.2, 0.25) is 0 Å². The molecule has 1 aromatic heterocycles. The van der Waals surface area contributed by atoms with Crippen molar-refractivity contribution < 1.29 is 18.7 Å². The molecule has 0 radical (unpaired) electrons. The molecule has 0 aliphatic carbocycles. The smallest absolute Gasteiger partial charge is 0.220 e. The molecule has 0 saturated heterocycles. The van der Waals surface area contributed by atoms with Gasteiger partial charge in [0.25, 0.3) is 0 Å². The van der Waals surface area contributed by atoms with E-state index in [0.717, 1.165) is 17.3 Å². The average molecular weight is 317 g/mol. The lowest BCUT2D eigenvalue weighted by atomic mass is 10.3. The molecule has 5 nitrogen and oxygen atoms in total. The van der Waals surface area contributed by atoms with Crippen molar-refractivity contribution >= 4 is 5.91 Å². The number of rotatable bonds is 10. The molecule has 0 spiro atoms. The summed E-state index contributed by atoms with van der Waals surface area (Å²) in [6.07, 6.45) is 3.48. The Morgan fingerprint density at radius 2 is 1.87 bits per heavy atom. The van der Waals surface area contributed by atoms with Crippen LogP contribution in [-0.2, 0) is 11.2 Å². The summed E-state index contributed by atoms with van der Waals surface area (Å²) in [4.78, 5) is 11.7. The van der Waals surface area contributed by atoms with Crippen molar-refractivity contribution in [1.29, 1.82) is 0 Å². The van der Waals surface area contributed by atoms with Crippen molar-refractivity contribution in [2.45, 2.75) is 26.2 Å². The molecule has 0 fully saturated rings. The summed E-state index contributed by atoms with van der Waals surface area (Å²) < 4.78 is 16.2. The highest BCUT2D eigenvalue weighted by molar-refractivity contribution is 5.75. The molecule has 23 heavy (non-hydrogen) atoms. The molecule has 0 atom stereocenters. The monoisotopic (exact) mass is 317 g/mol. The van der Waals surface area contributed by atoms with E-state index in [-0.39, 0.29) is 5.91 Å². The Kier molecular flexibility index (Phi) is 7.04. The number of furan rings is 1. The summed E-state index contributed by atoms with van der Waals surface area (Å²) in [5.74, 6) is 2.53. The average Bonchev–Trinajstić information content (AvgIpc) is 3.07. The van der Waals surface area contributed by atoms with E-state index in [9.17, 15) is 4.79 Å². The van der Waals surface area contributed by atoms with E-state index < -0.39 is 0 Å². The molecule has 0 bridgehead atoms. The van der Waals surface area contributed by atoms with Crippen LogP contribution in [0.15, 0.2) is 47.1 Å². The number of hydrogen-bond donors (Lipinski definition) is 1. The number of ether oxygens (including phenoxy) is 2. The number of hydrogen-bond acceptors (Lipinski definition) is 4. The van der Waals surface area contributed by atoms with E-state index in [1.165, 1.54) is 0 Å². The number of nitrogens with one attached hydrogen (secondary N) is 1. The highest BCUT2D eigenvalue weighted by atomic mass is 16.5. The van der Waals surface area contributed by atoms with Crippen LogP contribution in [0.3, 0.4) is 0 Å². The van der Waals surface area contributed by atoms with Gasteiger partial charge in [-0.05, 0) is 49.7 Å². The predicted molar refractivity (Wildman–Crippen MR) is 87.8 cm³/mol. The Hall–Kier alpha value is -2.43. The molecule has 124 valence electrons. The Balaban J connectivity index is 1.54. The maximum absolute atomic E-state index is 11.7. The largest absolute Gasteiger partial charge is 0.494 e. The summed E-state index contributed by atoms with van der Waals surface area (Å²) in [6.45, 7) is 3.70. The SMILES string of the molecule is CCOc1ccc(OCCCC(=O)NCCc2ccco2)cc1. The zero-order valence-electron chi connectivity index (χ0n) is 13.4. The zero-order valence-corrected chi connectivity index (χ0v) is 13.4. The quantitative estimate of drug-likeness (QED) is 0.684. The van der Waals surface area contributed by atoms with Gasteiger partial charge in [-0.3, -0.25) is 4.79 Å². The summed E-state index contributed by atoms with van der Waals surface area (Å²) in [5, 5.41) is 2.87. The third kappa shape index (κ3) is 6.46. The predicted octanol–water partition coefficient (Wildman–Crippen LogP) is 3.20. The van der Waals surface area contributed by atoms with Crippen molar-refractivity contribution in [3.63, 3.8) is 0 Å². The minimum Gasteiger partial charge on any atom is -0.494 e. The molecule has 1 aromatic carbocycles. The van der Waals surface area contributed by atoms with Crippen LogP contribution >= 0.6 is 0 Å². The number of amides is 1. The first kappa shape index (κ1) is 16.9. The van der Waals surface area contributed by atoms with Gasteiger partial charge in [0.1, 0.15) is 17.3 Å². The molecule has 0 aliphatic heterocycles. The maximum Gasteiger partial charge on any atom is 0.220 e. The van der Waals surface area contributed by atoms with Crippen LogP contribution in [0.4, 0.5) is 0 Å². The number of carbonyl (C=O) groups excluding carboxylic acids is 1. The summed E-state index contributed by atoms with van der Waals surface area (Å²) >= 11 is 0. The lowest BCUT2D eigenvalue weighted by Gasteiger charge is -2.08. The third-order valence-electron chi connectivity index (χ3n) is 3.23. The Bertz CT molecular complexity index is 563. The van der Waals surface area contributed by atoms with Crippen LogP contribution in [0.5, 0.6) is 11.5 Å².